The predicted octanol–water partition coefficient (Wildman–Crippen LogP) is 6.23. The third-order valence-corrected chi connectivity index (χ3v) is 7.88. The van der Waals surface area contributed by atoms with Gasteiger partial charge >= 0.3 is 0 Å². The predicted molar refractivity (Wildman–Crippen MR) is 153 cm³/mol. The zero-order valence-electron chi connectivity index (χ0n) is 22.0. The van der Waals surface area contributed by atoms with Gasteiger partial charge in [0, 0.05) is 43.0 Å². The van der Waals surface area contributed by atoms with E-state index in [9.17, 15) is 17.6 Å². The van der Waals surface area contributed by atoms with Crippen molar-refractivity contribution in [2.24, 2.45) is 0 Å². The van der Waals surface area contributed by atoms with E-state index in [0.29, 0.717) is 18.7 Å². The third kappa shape index (κ3) is 7.58. The number of sulfonamides is 1. The maximum atomic E-state index is 14.8. The minimum atomic E-state index is -4.19. The minimum absolute atomic E-state index is 0.00761. The molecular weight excluding hydrogens is 525 g/mol. The second-order valence-electron chi connectivity index (χ2n) is 9.13. The molecule has 0 aliphatic carbocycles. The van der Waals surface area contributed by atoms with Crippen LogP contribution in [0.5, 0.6) is 0 Å². The quantitative estimate of drug-likeness (QED) is 0.303. The Morgan fingerprint density at radius 2 is 1.74 bits per heavy atom. The molecule has 0 aromatic heterocycles. The number of amides is 1. The molecule has 0 unspecified atom stereocenters. The number of rotatable bonds is 11. The summed E-state index contributed by atoms with van der Waals surface area (Å²) in [5.41, 5.74) is 3.33. The van der Waals surface area contributed by atoms with Crippen LogP contribution in [0.25, 0.3) is 0 Å². The van der Waals surface area contributed by atoms with Crippen LogP contribution in [0, 0.1) is 19.7 Å². The van der Waals surface area contributed by atoms with Gasteiger partial charge in [-0.25, -0.2) is 17.1 Å². The van der Waals surface area contributed by atoms with Gasteiger partial charge in [-0.1, -0.05) is 41.4 Å². The van der Waals surface area contributed by atoms with Gasteiger partial charge in [0.15, 0.2) is 0 Å². The molecule has 9 heteroatoms. The van der Waals surface area contributed by atoms with E-state index in [2.05, 4.69) is 23.2 Å². The van der Waals surface area contributed by atoms with Gasteiger partial charge in [0.25, 0.3) is 10.0 Å². The Morgan fingerprint density at radius 3 is 2.39 bits per heavy atom. The van der Waals surface area contributed by atoms with Crippen molar-refractivity contribution in [1.82, 2.24) is 5.32 Å². The zero-order chi connectivity index (χ0) is 27.9. The SMILES string of the molecule is CCN(CCNC(=O)C/C(C)=C/N(c1cc(Cl)ccc1F)S(=O)(=O)c1ccc(C)cc1)c1cccc(C)c1. The van der Waals surface area contributed by atoms with E-state index in [1.807, 2.05) is 32.0 Å². The molecule has 0 saturated heterocycles. The fourth-order valence-electron chi connectivity index (χ4n) is 3.93. The summed E-state index contributed by atoms with van der Waals surface area (Å²) in [6.45, 7) is 9.38. The van der Waals surface area contributed by atoms with Crippen LogP contribution in [-0.2, 0) is 14.8 Å². The number of nitrogens with zero attached hydrogens (tertiary/aromatic N) is 2. The summed E-state index contributed by atoms with van der Waals surface area (Å²) in [5, 5.41) is 3.07. The summed E-state index contributed by atoms with van der Waals surface area (Å²) in [6.07, 6.45) is 1.22. The van der Waals surface area contributed by atoms with Crippen molar-refractivity contribution in [3.63, 3.8) is 0 Å². The number of hydrogen-bond donors (Lipinski definition) is 1. The number of anilines is 2. The fraction of sp³-hybridized carbons (Fsp3) is 0.276. The van der Waals surface area contributed by atoms with E-state index in [0.717, 1.165) is 33.7 Å². The second-order valence-corrected chi connectivity index (χ2v) is 11.4. The van der Waals surface area contributed by atoms with E-state index < -0.39 is 15.8 Å². The van der Waals surface area contributed by atoms with Crippen LogP contribution in [0.15, 0.2) is 83.4 Å². The second kappa shape index (κ2) is 12.9. The summed E-state index contributed by atoms with van der Waals surface area (Å²) < 4.78 is 42.7. The topological polar surface area (TPSA) is 69.7 Å². The maximum absolute atomic E-state index is 14.8. The number of likely N-dealkylation sites (N-methyl/N-ethyl adjacent to an activating group) is 1. The Hall–Kier alpha value is -3.36. The molecule has 1 N–H and O–H groups in total. The average Bonchev–Trinajstić information content (AvgIpc) is 2.87. The van der Waals surface area contributed by atoms with Gasteiger partial charge in [-0.15, -0.1) is 0 Å². The van der Waals surface area contributed by atoms with Crippen LogP contribution >= 0.6 is 11.6 Å². The largest absolute Gasteiger partial charge is 0.370 e. The molecule has 0 spiro atoms. The van der Waals surface area contributed by atoms with E-state index >= 15 is 0 Å². The smallest absolute Gasteiger partial charge is 0.268 e. The first kappa shape index (κ1) is 29.2. The monoisotopic (exact) mass is 557 g/mol. The number of hydrogen-bond acceptors (Lipinski definition) is 4. The van der Waals surface area contributed by atoms with Gasteiger partial charge in [0.2, 0.25) is 5.91 Å². The molecule has 3 aromatic carbocycles. The summed E-state index contributed by atoms with van der Waals surface area (Å²) in [5.74, 6) is -1.02. The van der Waals surface area contributed by atoms with Crippen molar-refractivity contribution in [3.05, 3.63) is 100 Å². The average molecular weight is 558 g/mol. The van der Waals surface area contributed by atoms with E-state index in [-0.39, 0.29) is 27.9 Å². The number of aryl methyl sites for hydroxylation is 2. The highest BCUT2D eigenvalue weighted by molar-refractivity contribution is 7.93. The first-order chi connectivity index (χ1) is 18.0. The Morgan fingerprint density at radius 1 is 1.03 bits per heavy atom. The van der Waals surface area contributed by atoms with Crippen LogP contribution in [0.4, 0.5) is 15.8 Å². The van der Waals surface area contributed by atoms with E-state index in [1.54, 1.807) is 19.1 Å². The standard InChI is InChI=1S/C29H33ClFN3O3S/c1-5-33(25-8-6-7-22(3)17-25)16-15-32-29(35)18-23(4)20-34(28-19-24(30)11-14-27(28)31)38(36,37)26-12-9-21(2)10-13-26/h6-14,17,19-20H,5,15-16,18H2,1-4H3,(H,32,35)/b23-20+. The molecule has 0 aliphatic rings. The number of carbonyl (C=O) groups excluding carboxylic acids is 1. The highest BCUT2D eigenvalue weighted by Crippen LogP contribution is 2.30. The zero-order valence-corrected chi connectivity index (χ0v) is 23.6. The van der Waals surface area contributed by atoms with Crippen molar-refractivity contribution < 1.29 is 17.6 Å². The molecule has 0 aliphatic heterocycles. The van der Waals surface area contributed by atoms with E-state index in [1.165, 1.54) is 30.5 Å². The summed E-state index contributed by atoms with van der Waals surface area (Å²) >= 11 is 6.07. The number of nitrogens with one attached hydrogen (secondary N) is 1. The van der Waals surface area contributed by atoms with Gasteiger partial charge in [-0.05, 0) is 81.3 Å². The first-order valence-electron chi connectivity index (χ1n) is 12.3. The maximum Gasteiger partial charge on any atom is 0.268 e. The first-order valence-corrected chi connectivity index (χ1v) is 14.1. The Bertz CT molecular complexity index is 1410. The van der Waals surface area contributed by atoms with Crippen LogP contribution in [0.3, 0.4) is 0 Å². The summed E-state index contributed by atoms with van der Waals surface area (Å²) in [7, 11) is -4.19. The van der Waals surface area contributed by atoms with Gasteiger partial charge in [0.05, 0.1) is 10.6 Å². The van der Waals surface area contributed by atoms with Crippen molar-refractivity contribution in [2.45, 2.75) is 39.0 Å². The van der Waals surface area contributed by atoms with Gasteiger partial charge in [0.1, 0.15) is 5.82 Å². The molecule has 3 aromatic rings. The van der Waals surface area contributed by atoms with Crippen molar-refractivity contribution >= 4 is 38.9 Å². The Kier molecular flexibility index (Phi) is 9.94. The Balaban J connectivity index is 1.77. The lowest BCUT2D eigenvalue weighted by molar-refractivity contribution is -0.120. The van der Waals surface area contributed by atoms with Gasteiger partial charge in [-0.2, -0.15) is 0 Å². The minimum Gasteiger partial charge on any atom is -0.370 e. The molecule has 38 heavy (non-hydrogen) atoms. The molecular formula is C29H33ClFN3O3S. The highest BCUT2D eigenvalue weighted by atomic mass is 35.5. The van der Waals surface area contributed by atoms with Gasteiger partial charge in [-0.3, -0.25) is 4.79 Å². The lowest BCUT2D eigenvalue weighted by atomic mass is 10.2. The highest BCUT2D eigenvalue weighted by Gasteiger charge is 2.26. The number of carbonyl (C=O) groups is 1. The summed E-state index contributed by atoms with van der Waals surface area (Å²) in [4.78, 5) is 14.8. The molecule has 202 valence electrons. The van der Waals surface area contributed by atoms with E-state index in [4.69, 9.17) is 11.6 Å². The van der Waals surface area contributed by atoms with Gasteiger partial charge < -0.3 is 10.2 Å². The van der Waals surface area contributed by atoms with Crippen molar-refractivity contribution in [3.8, 4) is 0 Å². The molecule has 3 rings (SSSR count). The number of benzene rings is 3. The fourth-order valence-corrected chi connectivity index (χ4v) is 5.52. The molecule has 6 nitrogen and oxygen atoms in total. The lowest BCUT2D eigenvalue weighted by Crippen LogP contribution is -2.35. The molecule has 0 atom stereocenters. The van der Waals surface area contributed by atoms with Crippen LogP contribution < -0.4 is 14.5 Å². The van der Waals surface area contributed by atoms with Crippen LogP contribution in [0.2, 0.25) is 5.02 Å². The molecule has 0 bridgehead atoms. The van der Waals surface area contributed by atoms with Crippen molar-refractivity contribution in [1.29, 1.82) is 0 Å². The molecule has 0 saturated carbocycles. The van der Waals surface area contributed by atoms with Crippen molar-refractivity contribution in [2.75, 3.05) is 28.8 Å². The molecule has 0 heterocycles. The molecule has 0 fully saturated rings. The third-order valence-electron chi connectivity index (χ3n) is 5.95. The molecule has 0 radical (unpaired) electrons. The van der Waals surface area contributed by atoms with Crippen LogP contribution in [0.1, 0.15) is 31.4 Å². The van der Waals surface area contributed by atoms with Crippen LogP contribution in [-0.4, -0.2) is 34.0 Å². The lowest BCUT2D eigenvalue weighted by Gasteiger charge is -2.24. The molecule has 1 amide bonds. The normalized spacial score (nSPS) is 11.8. The summed E-state index contributed by atoms with van der Waals surface area (Å²) in [6, 6.07) is 18.1. The number of halogens is 2. The Labute approximate surface area is 229 Å².